The summed E-state index contributed by atoms with van der Waals surface area (Å²) in [6.07, 6.45) is 3.09. The summed E-state index contributed by atoms with van der Waals surface area (Å²) < 4.78 is 5.25. The Balaban J connectivity index is 1.62. The van der Waals surface area contributed by atoms with Crippen LogP contribution >= 0.6 is 0 Å². The molecule has 30 heavy (non-hydrogen) atoms. The second-order valence-electron chi connectivity index (χ2n) is 8.18. The Morgan fingerprint density at radius 2 is 1.70 bits per heavy atom. The number of hydrogen-bond donors (Lipinski definition) is 1. The van der Waals surface area contributed by atoms with E-state index in [0.717, 1.165) is 36.1 Å². The molecule has 2 heterocycles. The number of likely N-dealkylation sites (tertiary alicyclic amines) is 1. The van der Waals surface area contributed by atoms with Crippen molar-refractivity contribution in [3.05, 3.63) is 35.4 Å². The molecule has 2 saturated heterocycles. The van der Waals surface area contributed by atoms with Gasteiger partial charge in [0.1, 0.15) is 12.1 Å². The van der Waals surface area contributed by atoms with Crippen LogP contribution < -0.4 is 5.32 Å². The molecule has 2 aliphatic rings. The smallest absolute Gasteiger partial charge is 0.327 e. The van der Waals surface area contributed by atoms with Crippen LogP contribution in [0.1, 0.15) is 50.7 Å². The van der Waals surface area contributed by atoms with Gasteiger partial charge in [-0.3, -0.25) is 19.3 Å². The number of carbonyl (C=O) groups excluding carboxylic acids is 4. The number of esters is 1. The average molecular weight is 415 g/mol. The van der Waals surface area contributed by atoms with Crippen molar-refractivity contribution in [1.82, 2.24) is 15.1 Å². The molecule has 2 atom stereocenters. The standard InChI is InChI=1S/C22H29N3O5/c1-15-8-10-17(11-9-15)22(3)20(28)25(21(29)23-22)14-18(26)30-16(2)19(27)24-12-6-4-5-7-13-24/h8-11,16H,4-7,12-14H2,1-3H3,(H,23,29)/t16-,22+/m0/s1. The molecule has 1 N–H and O–H groups in total. The Morgan fingerprint density at radius 1 is 1.10 bits per heavy atom. The van der Waals surface area contributed by atoms with Crippen molar-refractivity contribution >= 4 is 23.8 Å². The summed E-state index contributed by atoms with van der Waals surface area (Å²) in [6, 6.07) is 6.60. The van der Waals surface area contributed by atoms with E-state index in [1.807, 2.05) is 19.1 Å². The third-order valence-electron chi connectivity index (χ3n) is 5.76. The number of hydrogen-bond acceptors (Lipinski definition) is 5. The summed E-state index contributed by atoms with van der Waals surface area (Å²) in [6.45, 7) is 5.83. The summed E-state index contributed by atoms with van der Waals surface area (Å²) in [5, 5.41) is 2.66. The molecule has 0 aromatic heterocycles. The zero-order chi connectivity index (χ0) is 21.9. The fourth-order valence-electron chi connectivity index (χ4n) is 3.89. The number of imide groups is 1. The average Bonchev–Trinajstić information content (AvgIpc) is 2.91. The monoisotopic (exact) mass is 415 g/mol. The highest BCUT2D eigenvalue weighted by molar-refractivity contribution is 6.08. The van der Waals surface area contributed by atoms with Crippen LogP contribution in [-0.4, -0.2) is 59.4 Å². The van der Waals surface area contributed by atoms with E-state index in [2.05, 4.69) is 5.32 Å². The van der Waals surface area contributed by atoms with Crippen molar-refractivity contribution in [3.63, 3.8) is 0 Å². The molecule has 0 unspecified atom stereocenters. The van der Waals surface area contributed by atoms with Gasteiger partial charge in [0.15, 0.2) is 6.10 Å². The van der Waals surface area contributed by atoms with Crippen LogP contribution in [0.3, 0.4) is 0 Å². The Kier molecular flexibility index (Phi) is 6.43. The Morgan fingerprint density at radius 3 is 2.30 bits per heavy atom. The topological polar surface area (TPSA) is 96.0 Å². The van der Waals surface area contributed by atoms with Crippen LogP contribution in [0, 0.1) is 6.92 Å². The quantitative estimate of drug-likeness (QED) is 0.587. The van der Waals surface area contributed by atoms with Crippen molar-refractivity contribution in [2.75, 3.05) is 19.6 Å². The van der Waals surface area contributed by atoms with E-state index in [1.165, 1.54) is 6.92 Å². The van der Waals surface area contributed by atoms with Gasteiger partial charge in [-0.25, -0.2) is 4.79 Å². The lowest BCUT2D eigenvalue weighted by atomic mass is 9.91. The fourth-order valence-corrected chi connectivity index (χ4v) is 3.89. The lowest BCUT2D eigenvalue weighted by molar-refractivity contribution is -0.160. The minimum absolute atomic E-state index is 0.244. The number of nitrogens with zero attached hydrogens (tertiary/aromatic N) is 2. The molecule has 162 valence electrons. The number of ether oxygens (including phenoxy) is 1. The molecular weight excluding hydrogens is 386 g/mol. The van der Waals surface area contributed by atoms with Gasteiger partial charge in [0.2, 0.25) is 0 Å². The van der Waals surface area contributed by atoms with Crippen molar-refractivity contribution in [2.24, 2.45) is 0 Å². The molecule has 0 spiro atoms. The molecule has 0 radical (unpaired) electrons. The highest BCUT2D eigenvalue weighted by Crippen LogP contribution is 2.29. The second-order valence-corrected chi connectivity index (χ2v) is 8.18. The van der Waals surface area contributed by atoms with Crippen LogP contribution in [0.5, 0.6) is 0 Å². The molecule has 2 aliphatic heterocycles. The van der Waals surface area contributed by atoms with Gasteiger partial charge in [-0.1, -0.05) is 42.7 Å². The lowest BCUT2D eigenvalue weighted by Gasteiger charge is -2.24. The second kappa shape index (κ2) is 8.85. The summed E-state index contributed by atoms with van der Waals surface area (Å²) >= 11 is 0. The van der Waals surface area contributed by atoms with Gasteiger partial charge in [0, 0.05) is 13.1 Å². The maximum atomic E-state index is 12.9. The molecule has 3 rings (SSSR count). The Bertz CT molecular complexity index is 830. The highest BCUT2D eigenvalue weighted by Gasteiger charge is 2.49. The number of aryl methyl sites for hydroxylation is 1. The molecule has 8 heteroatoms. The molecule has 4 amide bonds. The van der Waals surface area contributed by atoms with E-state index in [1.54, 1.807) is 24.0 Å². The third kappa shape index (κ3) is 4.47. The number of urea groups is 1. The van der Waals surface area contributed by atoms with E-state index < -0.39 is 36.1 Å². The zero-order valence-electron chi connectivity index (χ0n) is 17.8. The Hall–Kier alpha value is -2.90. The van der Waals surface area contributed by atoms with Crippen molar-refractivity contribution in [1.29, 1.82) is 0 Å². The number of benzene rings is 1. The van der Waals surface area contributed by atoms with E-state index in [9.17, 15) is 19.2 Å². The molecular formula is C22H29N3O5. The summed E-state index contributed by atoms with van der Waals surface area (Å²) in [5.41, 5.74) is 0.410. The first-order chi connectivity index (χ1) is 14.2. The minimum atomic E-state index is -1.25. The van der Waals surface area contributed by atoms with Crippen LogP contribution in [0.25, 0.3) is 0 Å². The third-order valence-corrected chi connectivity index (χ3v) is 5.76. The van der Waals surface area contributed by atoms with Gasteiger partial charge in [0.25, 0.3) is 11.8 Å². The lowest BCUT2D eigenvalue weighted by Crippen LogP contribution is -2.43. The molecule has 0 bridgehead atoms. The summed E-state index contributed by atoms with van der Waals surface area (Å²) in [5.74, 6) is -1.56. The normalized spacial score (nSPS) is 23.0. The molecule has 8 nitrogen and oxygen atoms in total. The maximum Gasteiger partial charge on any atom is 0.327 e. The molecule has 2 fully saturated rings. The van der Waals surface area contributed by atoms with Gasteiger partial charge in [-0.15, -0.1) is 0 Å². The molecule has 0 saturated carbocycles. The van der Waals surface area contributed by atoms with E-state index in [0.29, 0.717) is 18.7 Å². The van der Waals surface area contributed by atoms with Gasteiger partial charge in [0.05, 0.1) is 0 Å². The summed E-state index contributed by atoms with van der Waals surface area (Å²) in [4.78, 5) is 52.8. The number of carbonyl (C=O) groups is 4. The number of nitrogens with one attached hydrogen (secondary N) is 1. The van der Waals surface area contributed by atoms with Crippen molar-refractivity contribution < 1.29 is 23.9 Å². The van der Waals surface area contributed by atoms with Crippen LogP contribution in [0.15, 0.2) is 24.3 Å². The first kappa shape index (κ1) is 21.8. The fraction of sp³-hybridized carbons (Fsp3) is 0.545. The predicted molar refractivity (Wildman–Crippen MR) is 109 cm³/mol. The molecule has 0 aliphatic carbocycles. The van der Waals surface area contributed by atoms with Crippen molar-refractivity contribution in [3.8, 4) is 0 Å². The minimum Gasteiger partial charge on any atom is -0.451 e. The van der Waals surface area contributed by atoms with E-state index >= 15 is 0 Å². The van der Waals surface area contributed by atoms with E-state index in [-0.39, 0.29) is 5.91 Å². The Labute approximate surface area is 176 Å². The first-order valence-electron chi connectivity index (χ1n) is 10.4. The number of rotatable bonds is 5. The van der Waals surface area contributed by atoms with Crippen LogP contribution in [-0.2, 0) is 24.7 Å². The predicted octanol–water partition coefficient (Wildman–Crippen LogP) is 2.10. The van der Waals surface area contributed by atoms with E-state index in [4.69, 9.17) is 4.74 Å². The van der Waals surface area contributed by atoms with Crippen molar-refractivity contribution in [2.45, 2.75) is 58.1 Å². The van der Waals surface area contributed by atoms with Crippen LogP contribution in [0.4, 0.5) is 4.79 Å². The van der Waals surface area contributed by atoms with Gasteiger partial charge in [-0.05, 0) is 39.2 Å². The maximum absolute atomic E-state index is 12.9. The molecule has 1 aromatic rings. The first-order valence-corrected chi connectivity index (χ1v) is 10.4. The molecule has 1 aromatic carbocycles. The highest BCUT2D eigenvalue weighted by atomic mass is 16.5. The van der Waals surface area contributed by atoms with Gasteiger partial charge in [-0.2, -0.15) is 0 Å². The summed E-state index contributed by atoms with van der Waals surface area (Å²) in [7, 11) is 0. The van der Waals surface area contributed by atoms with Gasteiger partial charge < -0.3 is 15.0 Å². The number of amides is 4. The van der Waals surface area contributed by atoms with Gasteiger partial charge >= 0.3 is 12.0 Å². The largest absolute Gasteiger partial charge is 0.451 e. The van der Waals surface area contributed by atoms with Crippen LogP contribution in [0.2, 0.25) is 0 Å². The SMILES string of the molecule is Cc1ccc([C@@]2(C)NC(=O)N(CC(=O)O[C@@H](C)C(=O)N3CCCCCC3)C2=O)cc1. The zero-order valence-corrected chi connectivity index (χ0v) is 17.8.